The van der Waals surface area contributed by atoms with Crippen molar-refractivity contribution in [1.82, 2.24) is 4.98 Å². The van der Waals surface area contributed by atoms with E-state index in [4.69, 9.17) is 0 Å². The summed E-state index contributed by atoms with van der Waals surface area (Å²) in [6.07, 6.45) is -2.13. The van der Waals surface area contributed by atoms with Crippen molar-refractivity contribution in [3.63, 3.8) is 0 Å². The number of nitrogens with zero attached hydrogens (tertiary/aromatic N) is 1. The van der Waals surface area contributed by atoms with Crippen LogP contribution in [0.15, 0.2) is 18.2 Å². The molecule has 1 fully saturated rings. The lowest BCUT2D eigenvalue weighted by atomic mass is 10.0. The molecule has 0 bridgehead atoms. The summed E-state index contributed by atoms with van der Waals surface area (Å²) in [4.78, 5) is 3.59. The van der Waals surface area contributed by atoms with Crippen molar-refractivity contribution >= 4 is 17.6 Å². The molecule has 0 unspecified atom stereocenters. The van der Waals surface area contributed by atoms with Crippen LogP contribution in [0.2, 0.25) is 0 Å². The third-order valence-electron chi connectivity index (χ3n) is 2.95. The zero-order valence-electron chi connectivity index (χ0n) is 9.83. The number of hydrogen-bond donors (Lipinski definition) is 1. The van der Waals surface area contributed by atoms with E-state index in [0.717, 1.165) is 30.4 Å². The Morgan fingerprint density at radius 3 is 2.67 bits per heavy atom. The van der Waals surface area contributed by atoms with Gasteiger partial charge in [-0.3, -0.25) is 0 Å². The fourth-order valence-electron chi connectivity index (χ4n) is 1.89. The van der Waals surface area contributed by atoms with E-state index in [2.05, 4.69) is 10.3 Å². The normalized spacial score (nSPS) is 17.7. The molecule has 0 amide bonds. The zero-order chi connectivity index (χ0) is 13.0. The molecule has 18 heavy (non-hydrogen) atoms. The number of hydrogen-bond acceptors (Lipinski definition) is 3. The first-order valence-electron chi connectivity index (χ1n) is 5.91. The average Bonchev–Trinajstić information content (AvgIpc) is 2.37. The van der Waals surface area contributed by atoms with Gasteiger partial charge in [0.05, 0.1) is 0 Å². The van der Waals surface area contributed by atoms with E-state index in [1.165, 1.54) is 6.07 Å². The van der Waals surface area contributed by atoms with Gasteiger partial charge in [0.2, 0.25) is 0 Å². The first-order chi connectivity index (χ1) is 8.55. The van der Waals surface area contributed by atoms with Crippen molar-refractivity contribution in [3.8, 4) is 0 Å². The number of thioether (sulfide) groups is 1. The van der Waals surface area contributed by atoms with E-state index in [9.17, 15) is 13.2 Å². The fraction of sp³-hybridized carbons (Fsp3) is 0.583. The van der Waals surface area contributed by atoms with Crippen molar-refractivity contribution in [2.24, 2.45) is 5.92 Å². The zero-order valence-corrected chi connectivity index (χ0v) is 10.7. The van der Waals surface area contributed by atoms with Gasteiger partial charge in [0, 0.05) is 6.54 Å². The van der Waals surface area contributed by atoms with Crippen LogP contribution in [0.3, 0.4) is 0 Å². The summed E-state index contributed by atoms with van der Waals surface area (Å²) in [6.45, 7) is 0.703. The maximum atomic E-state index is 12.5. The molecule has 2 heterocycles. The largest absolute Gasteiger partial charge is 0.433 e. The molecular formula is C12H15F3N2S. The Hall–Kier alpha value is -0.910. The van der Waals surface area contributed by atoms with E-state index < -0.39 is 11.9 Å². The van der Waals surface area contributed by atoms with Gasteiger partial charge in [-0.2, -0.15) is 24.9 Å². The van der Waals surface area contributed by atoms with E-state index in [0.29, 0.717) is 18.3 Å². The van der Waals surface area contributed by atoms with Gasteiger partial charge in [-0.15, -0.1) is 0 Å². The minimum Gasteiger partial charge on any atom is -0.370 e. The number of alkyl halides is 3. The standard InChI is InChI=1S/C12H15F3N2S/c13-12(14,15)10-2-1-3-11(17-10)16-8-9-4-6-18-7-5-9/h1-3,9H,4-8H2,(H,16,17). The Kier molecular flexibility index (Phi) is 4.37. The second kappa shape index (κ2) is 5.82. The summed E-state index contributed by atoms with van der Waals surface area (Å²) in [5, 5.41) is 3.01. The predicted molar refractivity (Wildman–Crippen MR) is 67.8 cm³/mol. The quantitative estimate of drug-likeness (QED) is 0.912. The lowest BCUT2D eigenvalue weighted by Crippen LogP contribution is -2.20. The summed E-state index contributed by atoms with van der Waals surface area (Å²) < 4.78 is 37.4. The molecule has 1 aliphatic rings. The number of nitrogens with one attached hydrogen (secondary N) is 1. The van der Waals surface area contributed by atoms with Crippen LogP contribution in [-0.2, 0) is 6.18 Å². The van der Waals surface area contributed by atoms with Gasteiger partial charge in [0.15, 0.2) is 0 Å². The van der Waals surface area contributed by atoms with Crippen LogP contribution in [-0.4, -0.2) is 23.0 Å². The lowest BCUT2D eigenvalue weighted by Gasteiger charge is -2.21. The number of rotatable bonds is 3. The van der Waals surface area contributed by atoms with E-state index >= 15 is 0 Å². The molecule has 0 spiro atoms. The first-order valence-corrected chi connectivity index (χ1v) is 7.07. The van der Waals surface area contributed by atoms with Crippen LogP contribution in [0.4, 0.5) is 19.0 Å². The minimum atomic E-state index is -4.38. The van der Waals surface area contributed by atoms with Crippen molar-refractivity contribution < 1.29 is 13.2 Å². The summed E-state index contributed by atoms with van der Waals surface area (Å²) in [7, 11) is 0. The third-order valence-corrected chi connectivity index (χ3v) is 4.00. The number of pyridine rings is 1. The highest BCUT2D eigenvalue weighted by molar-refractivity contribution is 7.99. The van der Waals surface area contributed by atoms with Crippen LogP contribution in [0, 0.1) is 5.92 Å². The topological polar surface area (TPSA) is 24.9 Å². The third kappa shape index (κ3) is 3.80. The molecular weight excluding hydrogens is 261 g/mol. The van der Waals surface area contributed by atoms with Gasteiger partial charge in [-0.05, 0) is 42.4 Å². The summed E-state index contributed by atoms with van der Waals surface area (Å²) in [6, 6.07) is 3.95. The monoisotopic (exact) mass is 276 g/mol. The van der Waals surface area contributed by atoms with Crippen LogP contribution in [0.5, 0.6) is 0 Å². The molecule has 2 nitrogen and oxygen atoms in total. The Labute approximate surface area is 108 Å². The van der Waals surface area contributed by atoms with Gasteiger partial charge in [-0.25, -0.2) is 4.98 Å². The first kappa shape index (κ1) is 13.5. The Morgan fingerprint density at radius 2 is 2.00 bits per heavy atom. The van der Waals surface area contributed by atoms with Gasteiger partial charge in [0.25, 0.3) is 0 Å². The Balaban J connectivity index is 1.92. The average molecular weight is 276 g/mol. The molecule has 0 aromatic carbocycles. The van der Waals surface area contributed by atoms with Crippen LogP contribution in [0.1, 0.15) is 18.5 Å². The summed E-state index contributed by atoms with van der Waals surface area (Å²) in [5.41, 5.74) is -0.841. The maximum Gasteiger partial charge on any atom is 0.433 e. The second-order valence-corrected chi connectivity index (χ2v) is 5.57. The fourth-order valence-corrected chi connectivity index (χ4v) is 3.09. The predicted octanol–water partition coefficient (Wildman–Crippen LogP) is 3.66. The molecule has 100 valence electrons. The molecule has 2 rings (SSSR count). The molecule has 0 saturated carbocycles. The molecule has 6 heteroatoms. The second-order valence-electron chi connectivity index (χ2n) is 4.34. The van der Waals surface area contributed by atoms with Gasteiger partial charge in [-0.1, -0.05) is 6.07 Å². The Bertz CT molecular complexity index is 389. The van der Waals surface area contributed by atoms with Crippen LogP contribution in [0.25, 0.3) is 0 Å². The maximum absolute atomic E-state index is 12.5. The molecule has 0 radical (unpaired) electrons. The molecule has 1 aromatic rings. The molecule has 1 N–H and O–H groups in total. The van der Waals surface area contributed by atoms with Crippen LogP contribution < -0.4 is 5.32 Å². The highest BCUT2D eigenvalue weighted by Gasteiger charge is 2.32. The van der Waals surface area contributed by atoms with Gasteiger partial charge >= 0.3 is 6.18 Å². The van der Waals surface area contributed by atoms with E-state index in [-0.39, 0.29) is 0 Å². The number of halogens is 3. The molecule has 0 aliphatic carbocycles. The minimum absolute atomic E-state index is 0.308. The molecule has 1 aliphatic heterocycles. The van der Waals surface area contributed by atoms with E-state index in [1.807, 2.05) is 11.8 Å². The SMILES string of the molecule is FC(F)(F)c1cccc(NCC2CCSCC2)n1. The van der Waals surface area contributed by atoms with E-state index in [1.54, 1.807) is 6.07 Å². The van der Waals surface area contributed by atoms with Gasteiger partial charge < -0.3 is 5.32 Å². The van der Waals surface area contributed by atoms with Crippen molar-refractivity contribution in [2.45, 2.75) is 19.0 Å². The summed E-state index contributed by atoms with van der Waals surface area (Å²) >= 11 is 1.93. The molecule has 1 saturated heterocycles. The highest BCUT2D eigenvalue weighted by Crippen LogP contribution is 2.28. The van der Waals surface area contributed by atoms with Crippen molar-refractivity contribution in [3.05, 3.63) is 23.9 Å². The van der Waals surface area contributed by atoms with Crippen molar-refractivity contribution in [2.75, 3.05) is 23.4 Å². The number of aromatic nitrogens is 1. The van der Waals surface area contributed by atoms with Crippen molar-refractivity contribution in [1.29, 1.82) is 0 Å². The summed E-state index contributed by atoms with van der Waals surface area (Å²) in [5.74, 6) is 3.13. The smallest absolute Gasteiger partial charge is 0.370 e. The molecule has 0 atom stereocenters. The lowest BCUT2D eigenvalue weighted by molar-refractivity contribution is -0.141. The highest BCUT2D eigenvalue weighted by atomic mass is 32.2. The molecule has 1 aromatic heterocycles. The number of anilines is 1. The van der Waals surface area contributed by atoms with Crippen LogP contribution >= 0.6 is 11.8 Å². The van der Waals surface area contributed by atoms with Gasteiger partial charge in [0.1, 0.15) is 11.5 Å². The Morgan fingerprint density at radius 1 is 1.28 bits per heavy atom.